The van der Waals surface area contributed by atoms with E-state index in [1.807, 2.05) is 20.8 Å². The van der Waals surface area contributed by atoms with E-state index in [0.29, 0.717) is 11.3 Å². The highest BCUT2D eigenvalue weighted by molar-refractivity contribution is 7.91. The van der Waals surface area contributed by atoms with Crippen molar-refractivity contribution in [2.75, 3.05) is 6.54 Å². The molecule has 0 saturated heterocycles. The first kappa shape index (κ1) is 22.1. The van der Waals surface area contributed by atoms with Crippen molar-refractivity contribution < 1.29 is 18.0 Å². The van der Waals surface area contributed by atoms with Crippen LogP contribution in [0.1, 0.15) is 41.5 Å². The third-order valence-electron chi connectivity index (χ3n) is 4.69. The molecule has 0 fully saturated rings. The minimum Gasteiger partial charge on any atom is -0.346 e. The lowest BCUT2D eigenvalue weighted by atomic mass is 10.1. The number of benzene rings is 1. The number of sulfone groups is 1. The Labute approximate surface area is 170 Å². The topological polar surface area (TPSA) is 92.3 Å². The van der Waals surface area contributed by atoms with Crippen molar-refractivity contribution in [2.24, 2.45) is 0 Å². The van der Waals surface area contributed by atoms with Crippen LogP contribution in [0, 0.1) is 13.8 Å². The molecule has 0 unspecified atom stereocenters. The average molecular weight is 423 g/mol. The lowest BCUT2D eigenvalue weighted by Gasteiger charge is -2.18. The first-order valence-corrected chi connectivity index (χ1v) is 11.5. The van der Waals surface area contributed by atoms with Gasteiger partial charge in [-0.3, -0.25) is 9.59 Å². The summed E-state index contributed by atoms with van der Waals surface area (Å²) in [6.07, 6.45) is 0.692. The second-order valence-corrected chi connectivity index (χ2v) is 9.90. The van der Waals surface area contributed by atoms with Crippen LogP contribution in [0.5, 0.6) is 0 Å². The van der Waals surface area contributed by atoms with Crippen molar-refractivity contribution in [3.63, 3.8) is 0 Å². The molecule has 28 heavy (non-hydrogen) atoms. The zero-order valence-electron chi connectivity index (χ0n) is 16.5. The lowest BCUT2D eigenvalue weighted by molar-refractivity contribution is -0.139. The summed E-state index contributed by atoms with van der Waals surface area (Å²) >= 11 is 1.30. The summed E-state index contributed by atoms with van der Waals surface area (Å²) in [4.78, 5) is 24.9. The number of rotatable bonds is 7. The highest BCUT2D eigenvalue weighted by atomic mass is 32.2. The summed E-state index contributed by atoms with van der Waals surface area (Å²) in [5.41, 5.74) is 1.88. The normalized spacial score (nSPS) is 13.6. The van der Waals surface area contributed by atoms with E-state index in [4.69, 9.17) is 0 Å². The minimum atomic E-state index is -3.75. The maximum Gasteiger partial charge on any atom is 0.309 e. The Bertz CT molecular complexity index is 937. The fourth-order valence-electron chi connectivity index (χ4n) is 2.55. The molecule has 0 radical (unpaired) electrons. The van der Waals surface area contributed by atoms with Gasteiger partial charge in [0.15, 0.2) is 9.84 Å². The van der Waals surface area contributed by atoms with Gasteiger partial charge in [0.1, 0.15) is 5.25 Å². The lowest BCUT2D eigenvalue weighted by Crippen LogP contribution is -2.45. The number of hydrogen-bond acceptors (Lipinski definition) is 5. The molecule has 0 aliphatic carbocycles. The largest absolute Gasteiger partial charge is 0.346 e. The van der Waals surface area contributed by atoms with Crippen LogP contribution in [0.15, 0.2) is 40.6 Å². The van der Waals surface area contributed by atoms with Crippen molar-refractivity contribution in [2.45, 2.75) is 50.3 Å². The number of carbonyl (C=O) groups is 2. The molecule has 2 rings (SSSR count). The molecular formula is C20H26N2O4S2. The Morgan fingerprint density at radius 1 is 1.11 bits per heavy atom. The van der Waals surface area contributed by atoms with Crippen molar-refractivity contribution in [1.82, 2.24) is 10.6 Å². The molecule has 152 valence electrons. The van der Waals surface area contributed by atoms with Crippen LogP contribution in [0.4, 0.5) is 0 Å². The SMILES string of the molecule is CC[C@H](C)NC(=O)C(=O)NC[C@H](c1cccs1)S(=O)(=O)c1ccc(C)c(C)c1. The van der Waals surface area contributed by atoms with Gasteiger partial charge in [-0.05, 0) is 61.9 Å². The fourth-order valence-corrected chi connectivity index (χ4v) is 5.42. The van der Waals surface area contributed by atoms with Crippen LogP contribution in [0.3, 0.4) is 0 Å². The summed E-state index contributed by atoms with van der Waals surface area (Å²) in [6.45, 7) is 7.28. The molecule has 0 saturated carbocycles. The predicted molar refractivity (Wildman–Crippen MR) is 111 cm³/mol. The van der Waals surface area contributed by atoms with Crippen LogP contribution in [-0.2, 0) is 19.4 Å². The number of carbonyl (C=O) groups excluding carboxylic acids is 2. The quantitative estimate of drug-likeness (QED) is 0.671. The van der Waals surface area contributed by atoms with Crippen LogP contribution >= 0.6 is 11.3 Å². The molecule has 0 aliphatic rings. The number of aryl methyl sites for hydroxylation is 2. The van der Waals surface area contributed by atoms with Crippen molar-refractivity contribution in [3.8, 4) is 0 Å². The predicted octanol–water partition coefficient (Wildman–Crippen LogP) is 2.91. The maximum atomic E-state index is 13.3. The van der Waals surface area contributed by atoms with Crippen molar-refractivity contribution in [3.05, 3.63) is 51.7 Å². The summed E-state index contributed by atoms with van der Waals surface area (Å²) < 4.78 is 26.5. The van der Waals surface area contributed by atoms with Gasteiger partial charge < -0.3 is 10.6 Å². The monoisotopic (exact) mass is 422 g/mol. The van der Waals surface area contributed by atoms with Crippen LogP contribution < -0.4 is 10.6 Å². The Morgan fingerprint density at radius 2 is 1.82 bits per heavy atom. The second-order valence-electron chi connectivity index (χ2n) is 6.79. The van der Waals surface area contributed by atoms with Gasteiger partial charge in [-0.15, -0.1) is 11.3 Å². The van der Waals surface area contributed by atoms with Gasteiger partial charge >= 0.3 is 11.8 Å². The summed E-state index contributed by atoms with van der Waals surface area (Å²) in [5, 5.41) is 5.88. The number of thiophene rings is 1. The molecule has 0 aliphatic heterocycles. The first-order valence-electron chi connectivity index (χ1n) is 9.10. The summed E-state index contributed by atoms with van der Waals surface area (Å²) in [7, 11) is -3.75. The molecule has 2 aromatic rings. The Balaban J connectivity index is 2.25. The van der Waals surface area contributed by atoms with Crippen LogP contribution in [0.25, 0.3) is 0 Å². The molecule has 0 spiro atoms. The Kier molecular flexibility index (Phi) is 7.37. The van der Waals surface area contributed by atoms with Gasteiger partial charge in [-0.1, -0.05) is 19.1 Å². The van der Waals surface area contributed by atoms with Gasteiger partial charge in [-0.25, -0.2) is 8.42 Å². The van der Waals surface area contributed by atoms with E-state index in [0.717, 1.165) is 11.1 Å². The van der Waals surface area contributed by atoms with E-state index in [1.54, 1.807) is 42.6 Å². The van der Waals surface area contributed by atoms with E-state index in [9.17, 15) is 18.0 Å². The summed E-state index contributed by atoms with van der Waals surface area (Å²) in [5.74, 6) is -1.60. The average Bonchev–Trinajstić information content (AvgIpc) is 3.17. The number of amides is 2. The van der Waals surface area contributed by atoms with Crippen molar-refractivity contribution in [1.29, 1.82) is 0 Å². The van der Waals surface area contributed by atoms with E-state index >= 15 is 0 Å². The molecular weight excluding hydrogens is 396 g/mol. The third-order valence-corrected chi connectivity index (χ3v) is 7.90. The zero-order chi connectivity index (χ0) is 20.9. The smallest absolute Gasteiger partial charge is 0.309 e. The highest BCUT2D eigenvalue weighted by Gasteiger charge is 2.31. The molecule has 1 aromatic carbocycles. The van der Waals surface area contributed by atoms with Crippen LogP contribution in [0.2, 0.25) is 0 Å². The molecule has 6 nitrogen and oxygen atoms in total. The number of hydrogen-bond donors (Lipinski definition) is 2. The van der Waals surface area contributed by atoms with E-state index in [-0.39, 0.29) is 17.5 Å². The van der Waals surface area contributed by atoms with E-state index in [2.05, 4.69) is 10.6 Å². The van der Waals surface area contributed by atoms with Crippen molar-refractivity contribution >= 4 is 33.0 Å². The number of nitrogens with one attached hydrogen (secondary N) is 2. The maximum absolute atomic E-state index is 13.3. The standard InChI is InChI=1S/C20H26N2O4S2/c1-5-15(4)22-20(24)19(23)21-12-18(17-7-6-10-27-17)28(25,26)16-9-8-13(2)14(3)11-16/h6-11,15,18H,5,12H2,1-4H3,(H,21,23)(H,22,24)/t15-,18+/m0/s1. The van der Waals surface area contributed by atoms with E-state index < -0.39 is 26.9 Å². The minimum absolute atomic E-state index is 0.134. The fraction of sp³-hybridized carbons (Fsp3) is 0.400. The highest BCUT2D eigenvalue weighted by Crippen LogP contribution is 2.32. The summed E-state index contributed by atoms with van der Waals surface area (Å²) in [6, 6.07) is 8.34. The molecule has 2 amide bonds. The Morgan fingerprint density at radius 3 is 2.39 bits per heavy atom. The zero-order valence-corrected chi connectivity index (χ0v) is 18.1. The Hall–Kier alpha value is -2.19. The van der Waals surface area contributed by atoms with Gasteiger partial charge in [0.2, 0.25) is 0 Å². The van der Waals surface area contributed by atoms with Gasteiger partial charge in [0.05, 0.1) is 4.90 Å². The molecule has 1 aromatic heterocycles. The molecule has 2 N–H and O–H groups in total. The van der Waals surface area contributed by atoms with Gasteiger partial charge in [0, 0.05) is 17.5 Å². The molecule has 1 heterocycles. The molecule has 2 atom stereocenters. The second kappa shape index (κ2) is 9.34. The first-order chi connectivity index (χ1) is 13.2. The molecule has 8 heteroatoms. The van der Waals surface area contributed by atoms with E-state index in [1.165, 1.54) is 11.3 Å². The third kappa shape index (κ3) is 5.20. The van der Waals surface area contributed by atoms with Gasteiger partial charge in [0.25, 0.3) is 0 Å². The molecule has 0 bridgehead atoms. The van der Waals surface area contributed by atoms with Crippen LogP contribution in [-0.4, -0.2) is 32.8 Å². The van der Waals surface area contributed by atoms with Gasteiger partial charge in [-0.2, -0.15) is 0 Å².